The second-order valence-corrected chi connectivity index (χ2v) is 4.53. The third-order valence-electron chi connectivity index (χ3n) is 2.16. The Hall–Kier alpha value is -0.830. The molecule has 0 radical (unpaired) electrons. The first kappa shape index (κ1) is 11.2. The first-order chi connectivity index (χ1) is 6.52. The third-order valence-corrected chi connectivity index (χ3v) is 2.69. The Labute approximate surface area is 92.1 Å². The molecule has 0 unspecified atom stereocenters. The first-order valence-corrected chi connectivity index (χ1v) is 5.30. The van der Waals surface area contributed by atoms with Gasteiger partial charge in [-0.15, -0.1) is 0 Å². The monoisotopic (exact) mass is 256 g/mol. The van der Waals surface area contributed by atoms with Gasteiger partial charge in [-0.3, -0.25) is 4.79 Å². The van der Waals surface area contributed by atoms with Gasteiger partial charge in [-0.2, -0.15) is 0 Å². The molecule has 0 spiro atoms. The van der Waals surface area contributed by atoms with Crippen LogP contribution in [-0.4, -0.2) is 11.1 Å². The van der Waals surface area contributed by atoms with E-state index >= 15 is 0 Å². The first-order valence-electron chi connectivity index (χ1n) is 4.50. The Morgan fingerprint density at radius 1 is 1.29 bits per heavy atom. The molecule has 76 valence electrons. The Kier molecular flexibility index (Phi) is 3.69. The molecule has 0 aliphatic rings. The maximum absolute atomic E-state index is 11.0. The van der Waals surface area contributed by atoms with Crippen molar-refractivity contribution >= 4 is 21.9 Å². The molecule has 0 saturated heterocycles. The number of hydrogen-bond donors (Lipinski definition) is 1. The van der Waals surface area contributed by atoms with Crippen molar-refractivity contribution in [2.24, 2.45) is 5.92 Å². The highest BCUT2D eigenvalue weighted by Crippen LogP contribution is 2.25. The molecule has 0 heterocycles. The summed E-state index contributed by atoms with van der Waals surface area (Å²) in [6, 6.07) is 7.44. The van der Waals surface area contributed by atoms with Crippen molar-refractivity contribution in [2.45, 2.75) is 19.8 Å². The highest BCUT2D eigenvalue weighted by Gasteiger charge is 2.22. The van der Waals surface area contributed by atoms with Crippen LogP contribution in [-0.2, 0) is 4.79 Å². The highest BCUT2D eigenvalue weighted by atomic mass is 79.9. The Bertz CT molecular complexity index is 317. The maximum atomic E-state index is 11.0. The fourth-order valence-electron chi connectivity index (χ4n) is 1.48. The van der Waals surface area contributed by atoms with E-state index in [1.54, 1.807) is 0 Å². The average molecular weight is 257 g/mol. The lowest BCUT2D eigenvalue weighted by atomic mass is 9.89. The van der Waals surface area contributed by atoms with Gasteiger partial charge in [0.15, 0.2) is 0 Å². The van der Waals surface area contributed by atoms with Crippen LogP contribution >= 0.6 is 15.9 Å². The molecule has 0 fully saturated rings. The van der Waals surface area contributed by atoms with Gasteiger partial charge in [0.05, 0.1) is 5.92 Å². The van der Waals surface area contributed by atoms with Crippen LogP contribution < -0.4 is 0 Å². The largest absolute Gasteiger partial charge is 0.481 e. The summed E-state index contributed by atoms with van der Waals surface area (Å²) in [5.74, 6) is -1.07. The zero-order valence-electron chi connectivity index (χ0n) is 8.20. The molecule has 0 bridgehead atoms. The highest BCUT2D eigenvalue weighted by molar-refractivity contribution is 9.10. The Morgan fingerprint density at radius 2 is 1.79 bits per heavy atom. The number of aliphatic carboxylic acids is 1. The topological polar surface area (TPSA) is 37.3 Å². The van der Waals surface area contributed by atoms with Gasteiger partial charge in [-0.25, -0.2) is 0 Å². The standard InChI is InChI=1S/C11H13BrO2/c1-7(2)10(11(13)14)8-3-5-9(12)6-4-8/h3-7,10H,1-2H3,(H,13,14)/t10-/m1/s1. The van der Waals surface area contributed by atoms with Gasteiger partial charge in [-0.1, -0.05) is 41.9 Å². The zero-order valence-corrected chi connectivity index (χ0v) is 9.78. The predicted molar refractivity (Wildman–Crippen MR) is 59.4 cm³/mol. The number of benzene rings is 1. The van der Waals surface area contributed by atoms with Gasteiger partial charge in [0.2, 0.25) is 0 Å². The van der Waals surface area contributed by atoms with Crippen LogP contribution in [0.4, 0.5) is 0 Å². The number of carboxylic acid groups (broad SMARTS) is 1. The Balaban J connectivity index is 3.00. The number of carboxylic acids is 1. The minimum atomic E-state index is -0.762. The second-order valence-electron chi connectivity index (χ2n) is 3.61. The molecule has 14 heavy (non-hydrogen) atoms. The molecule has 0 amide bonds. The van der Waals surface area contributed by atoms with Gasteiger partial charge in [0.1, 0.15) is 0 Å². The van der Waals surface area contributed by atoms with Crippen LogP contribution in [0.3, 0.4) is 0 Å². The van der Waals surface area contributed by atoms with E-state index in [4.69, 9.17) is 5.11 Å². The molecule has 1 aromatic carbocycles. The van der Waals surface area contributed by atoms with Crippen molar-refractivity contribution < 1.29 is 9.90 Å². The van der Waals surface area contributed by atoms with Crippen LogP contribution in [0.1, 0.15) is 25.3 Å². The van der Waals surface area contributed by atoms with Crippen LogP contribution in [0.15, 0.2) is 28.7 Å². The normalized spacial score (nSPS) is 12.9. The number of halogens is 1. The predicted octanol–water partition coefficient (Wildman–Crippen LogP) is 3.27. The van der Waals surface area contributed by atoms with E-state index in [0.29, 0.717) is 0 Å². The van der Waals surface area contributed by atoms with E-state index in [0.717, 1.165) is 10.0 Å². The van der Waals surface area contributed by atoms with E-state index in [2.05, 4.69) is 15.9 Å². The molecule has 1 atom stereocenters. The number of hydrogen-bond acceptors (Lipinski definition) is 1. The lowest BCUT2D eigenvalue weighted by Gasteiger charge is -2.16. The number of carbonyl (C=O) groups is 1. The SMILES string of the molecule is CC(C)[C@@H](C(=O)O)c1ccc(Br)cc1. The second kappa shape index (κ2) is 4.60. The summed E-state index contributed by atoms with van der Waals surface area (Å²) in [4.78, 5) is 11.0. The van der Waals surface area contributed by atoms with E-state index in [-0.39, 0.29) is 5.92 Å². The minimum absolute atomic E-state index is 0.105. The quantitative estimate of drug-likeness (QED) is 0.902. The van der Waals surface area contributed by atoms with Crippen LogP contribution in [0.5, 0.6) is 0 Å². The average Bonchev–Trinajstić information content (AvgIpc) is 2.07. The van der Waals surface area contributed by atoms with Crippen LogP contribution in [0.2, 0.25) is 0 Å². The molecule has 0 aromatic heterocycles. The summed E-state index contributed by atoms with van der Waals surface area (Å²) in [6.07, 6.45) is 0. The lowest BCUT2D eigenvalue weighted by molar-refractivity contribution is -0.139. The molecule has 0 saturated carbocycles. The summed E-state index contributed by atoms with van der Waals surface area (Å²) in [5.41, 5.74) is 0.857. The summed E-state index contributed by atoms with van der Waals surface area (Å²) < 4.78 is 0.967. The van der Waals surface area contributed by atoms with E-state index in [9.17, 15) is 4.79 Å². The van der Waals surface area contributed by atoms with Crippen LogP contribution in [0.25, 0.3) is 0 Å². The van der Waals surface area contributed by atoms with Gasteiger partial charge >= 0.3 is 5.97 Å². The molecule has 1 N–H and O–H groups in total. The summed E-state index contributed by atoms with van der Waals surface area (Å²) >= 11 is 3.32. The molecule has 3 heteroatoms. The fourth-order valence-corrected chi connectivity index (χ4v) is 1.75. The van der Waals surface area contributed by atoms with E-state index in [1.807, 2.05) is 38.1 Å². The number of rotatable bonds is 3. The van der Waals surface area contributed by atoms with Crippen molar-refractivity contribution in [1.82, 2.24) is 0 Å². The smallest absolute Gasteiger partial charge is 0.311 e. The zero-order chi connectivity index (χ0) is 10.7. The van der Waals surface area contributed by atoms with Crippen molar-refractivity contribution in [1.29, 1.82) is 0 Å². The third kappa shape index (κ3) is 2.58. The molecular formula is C11H13BrO2. The minimum Gasteiger partial charge on any atom is -0.481 e. The van der Waals surface area contributed by atoms with Crippen molar-refractivity contribution in [2.75, 3.05) is 0 Å². The van der Waals surface area contributed by atoms with Crippen molar-refractivity contribution in [3.05, 3.63) is 34.3 Å². The summed E-state index contributed by atoms with van der Waals surface area (Å²) in [6.45, 7) is 3.83. The van der Waals surface area contributed by atoms with Crippen molar-refractivity contribution in [3.8, 4) is 0 Å². The molecule has 1 rings (SSSR count). The molecular weight excluding hydrogens is 244 g/mol. The van der Waals surface area contributed by atoms with Crippen molar-refractivity contribution in [3.63, 3.8) is 0 Å². The molecule has 0 aliphatic heterocycles. The molecule has 0 aliphatic carbocycles. The van der Waals surface area contributed by atoms with E-state index < -0.39 is 11.9 Å². The molecule has 1 aromatic rings. The van der Waals surface area contributed by atoms with Gasteiger partial charge in [0.25, 0.3) is 0 Å². The lowest BCUT2D eigenvalue weighted by Crippen LogP contribution is -2.17. The van der Waals surface area contributed by atoms with E-state index in [1.165, 1.54) is 0 Å². The molecule has 2 nitrogen and oxygen atoms in total. The van der Waals surface area contributed by atoms with Gasteiger partial charge in [-0.05, 0) is 23.6 Å². The van der Waals surface area contributed by atoms with Gasteiger partial charge in [0, 0.05) is 4.47 Å². The maximum Gasteiger partial charge on any atom is 0.311 e. The van der Waals surface area contributed by atoms with Crippen LogP contribution in [0, 0.1) is 5.92 Å². The summed E-state index contributed by atoms with van der Waals surface area (Å²) in [7, 11) is 0. The summed E-state index contributed by atoms with van der Waals surface area (Å²) in [5, 5.41) is 9.05. The van der Waals surface area contributed by atoms with Gasteiger partial charge < -0.3 is 5.11 Å². The fraction of sp³-hybridized carbons (Fsp3) is 0.364. The Morgan fingerprint density at radius 3 is 2.14 bits per heavy atom.